The van der Waals surface area contributed by atoms with Crippen molar-refractivity contribution in [3.05, 3.63) is 44.4 Å². The summed E-state index contributed by atoms with van der Waals surface area (Å²) in [5.74, 6) is 0.267. The van der Waals surface area contributed by atoms with Crippen LogP contribution in [0, 0.1) is 0 Å². The molecular weight excluding hydrogens is 424 g/mol. The van der Waals surface area contributed by atoms with Crippen molar-refractivity contribution in [2.24, 2.45) is 0 Å². The summed E-state index contributed by atoms with van der Waals surface area (Å²) < 4.78 is 17.3. The summed E-state index contributed by atoms with van der Waals surface area (Å²) in [6, 6.07) is 3.35. The number of carbonyl (C=O) groups is 1. The van der Waals surface area contributed by atoms with Crippen LogP contribution in [-0.4, -0.2) is 36.3 Å². The van der Waals surface area contributed by atoms with Gasteiger partial charge >= 0.3 is 5.97 Å². The fraction of sp³-hybridized carbons (Fsp3) is 0.476. The van der Waals surface area contributed by atoms with Gasteiger partial charge in [0.1, 0.15) is 10.6 Å². The predicted octanol–water partition coefficient (Wildman–Crippen LogP) is 4.22. The molecule has 4 rings (SSSR count). The van der Waals surface area contributed by atoms with Gasteiger partial charge in [-0.1, -0.05) is 11.8 Å². The Morgan fingerprint density at radius 2 is 2.13 bits per heavy atom. The molecule has 160 valence electrons. The van der Waals surface area contributed by atoms with Crippen molar-refractivity contribution in [3.63, 3.8) is 0 Å². The Bertz CT molecular complexity index is 1130. The first kappa shape index (κ1) is 21.1. The lowest BCUT2D eigenvalue weighted by Crippen LogP contribution is -2.25. The third kappa shape index (κ3) is 3.93. The highest BCUT2D eigenvalue weighted by molar-refractivity contribution is 7.99. The molecule has 0 saturated carbocycles. The molecule has 0 N–H and O–H groups in total. The molecule has 0 fully saturated rings. The monoisotopic (exact) mass is 448 g/mol. The van der Waals surface area contributed by atoms with Crippen LogP contribution < -0.4 is 5.56 Å². The van der Waals surface area contributed by atoms with Gasteiger partial charge in [-0.15, -0.1) is 11.3 Å². The van der Waals surface area contributed by atoms with E-state index in [2.05, 4.69) is 0 Å². The van der Waals surface area contributed by atoms with Gasteiger partial charge in [-0.05, 0) is 50.3 Å². The van der Waals surface area contributed by atoms with Crippen molar-refractivity contribution in [3.8, 4) is 0 Å². The zero-order chi connectivity index (χ0) is 21.3. The number of esters is 1. The summed E-state index contributed by atoms with van der Waals surface area (Å²) in [4.78, 5) is 32.1. The number of aryl methyl sites for hydroxylation is 2. The minimum absolute atomic E-state index is 0.000782. The maximum atomic E-state index is 13.4. The normalized spacial score (nSPS) is 14.6. The molecule has 0 aromatic carbocycles. The number of rotatable bonds is 7. The Morgan fingerprint density at radius 3 is 2.90 bits per heavy atom. The van der Waals surface area contributed by atoms with E-state index < -0.39 is 5.97 Å². The standard InChI is InChI=1S/C21H24N2O5S2/c1-12(14-8-9-15(28-14)20(25)27-3)29-21-22-18-17(19(24)23(21)10-11-26-2)13-6-4-5-7-16(13)30-18/h8-9,12H,4-7,10-11H2,1-3H3. The quantitative estimate of drug-likeness (QED) is 0.304. The lowest BCUT2D eigenvalue weighted by Gasteiger charge is -2.15. The van der Waals surface area contributed by atoms with E-state index in [0.29, 0.717) is 24.1 Å². The van der Waals surface area contributed by atoms with Crippen molar-refractivity contribution >= 4 is 39.3 Å². The van der Waals surface area contributed by atoms with E-state index in [4.69, 9.17) is 18.9 Å². The van der Waals surface area contributed by atoms with Gasteiger partial charge in [-0.2, -0.15) is 0 Å². The van der Waals surface area contributed by atoms with Gasteiger partial charge in [0.05, 0.1) is 30.9 Å². The minimum Gasteiger partial charge on any atom is -0.463 e. The van der Waals surface area contributed by atoms with E-state index in [1.54, 1.807) is 35.1 Å². The number of methoxy groups -OCH3 is 2. The number of furan rings is 1. The van der Waals surface area contributed by atoms with Crippen LogP contribution in [0.4, 0.5) is 0 Å². The van der Waals surface area contributed by atoms with Crippen molar-refractivity contribution in [2.45, 2.75) is 49.6 Å². The van der Waals surface area contributed by atoms with E-state index >= 15 is 0 Å². The summed E-state index contributed by atoms with van der Waals surface area (Å²) in [6.45, 7) is 2.82. The SMILES string of the molecule is COCCn1c(SC(C)c2ccc(C(=O)OC)o2)nc2sc3c(c2c1=O)CCCC3. The molecular formula is C21H24N2O5S2. The lowest BCUT2D eigenvalue weighted by molar-refractivity contribution is 0.0563. The summed E-state index contributed by atoms with van der Waals surface area (Å²) in [7, 11) is 2.94. The highest BCUT2D eigenvalue weighted by Crippen LogP contribution is 2.38. The Hall–Kier alpha value is -2.10. The number of thiophene rings is 1. The number of fused-ring (bicyclic) bond motifs is 3. The second kappa shape index (κ2) is 8.95. The van der Waals surface area contributed by atoms with Crippen LogP contribution in [0.15, 0.2) is 26.5 Å². The topological polar surface area (TPSA) is 83.6 Å². The third-order valence-electron chi connectivity index (χ3n) is 5.26. The second-order valence-electron chi connectivity index (χ2n) is 7.19. The number of aromatic nitrogens is 2. The van der Waals surface area contributed by atoms with Gasteiger partial charge in [-0.25, -0.2) is 9.78 Å². The average Bonchev–Trinajstić information content (AvgIpc) is 3.38. The number of hydrogen-bond donors (Lipinski definition) is 0. The Morgan fingerprint density at radius 1 is 1.33 bits per heavy atom. The number of nitrogens with zero attached hydrogens (tertiary/aromatic N) is 2. The molecule has 1 unspecified atom stereocenters. The predicted molar refractivity (Wildman–Crippen MR) is 117 cm³/mol. The highest BCUT2D eigenvalue weighted by Gasteiger charge is 2.24. The molecule has 3 heterocycles. The van der Waals surface area contributed by atoms with Crippen LogP contribution in [0.3, 0.4) is 0 Å². The van der Waals surface area contributed by atoms with E-state index in [-0.39, 0.29) is 16.6 Å². The number of carbonyl (C=O) groups excluding carboxylic acids is 1. The Balaban J connectivity index is 1.72. The smallest absolute Gasteiger partial charge is 0.373 e. The first-order chi connectivity index (χ1) is 14.5. The van der Waals surface area contributed by atoms with Gasteiger partial charge in [0.25, 0.3) is 5.56 Å². The van der Waals surface area contributed by atoms with Gasteiger partial charge in [0, 0.05) is 12.0 Å². The first-order valence-electron chi connectivity index (χ1n) is 9.92. The van der Waals surface area contributed by atoms with Crippen LogP contribution in [-0.2, 0) is 28.9 Å². The van der Waals surface area contributed by atoms with E-state index in [0.717, 1.165) is 35.9 Å². The van der Waals surface area contributed by atoms with Crippen LogP contribution in [0.2, 0.25) is 0 Å². The van der Waals surface area contributed by atoms with E-state index in [1.807, 2.05) is 6.92 Å². The van der Waals surface area contributed by atoms with Crippen LogP contribution in [0.5, 0.6) is 0 Å². The molecule has 0 radical (unpaired) electrons. The second-order valence-corrected chi connectivity index (χ2v) is 9.58. The average molecular weight is 449 g/mol. The van der Waals surface area contributed by atoms with Crippen molar-refractivity contribution in [2.75, 3.05) is 20.8 Å². The summed E-state index contributed by atoms with van der Waals surface area (Å²) in [6.07, 6.45) is 4.25. The summed E-state index contributed by atoms with van der Waals surface area (Å²) in [5, 5.41) is 1.26. The van der Waals surface area contributed by atoms with Crippen molar-refractivity contribution in [1.82, 2.24) is 9.55 Å². The maximum absolute atomic E-state index is 13.4. The Kier molecular flexibility index (Phi) is 6.31. The number of ether oxygens (including phenoxy) is 2. The zero-order valence-corrected chi connectivity index (χ0v) is 18.9. The van der Waals surface area contributed by atoms with Gasteiger partial charge in [-0.3, -0.25) is 9.36 Å². The molecule has 0 amide bonds. The fourth-order valence-electron chi connectivity index (χ4n) is 3.69. The molecule has 7 nitrogen and oxygen atoms in total. The van der Waals surface area contributed by atoms with Crippen molar-refractivity contribution in [1.29, 1.82) is 0 Å². The van der Waals surface area contributed by atoms with E-state index in [9.17, 15) is 9.59 Å². The van der Waals surface area contributed by atoms with Crippen LogP contribution in [0.25, 0.3) is 10.2 Å². The summed E-state index contributed by atoms with van der Waals surface area (Å²) in [5.41, 5.74) is 1.18. The molecule has 30 heavy (non-hydrogen) atoms. The molecule has 1 aliphatic rings. The largest absolute Gasteiger partial charge is 0.463 e. The van der Waals surface area contributed by atoms with Crippen molar-refractivity contribution < 1.29 is 18.7 Å². The van der Waals surface area contributed by atoms with Gasteiger partial charge < -0.3 is 13.9 Å². The molecule has 0 aliphatic heterocycles. The van der Waals surface area contributed by atoms with Crippen LogP contribution >= 0.6 is 23.1 Å². The van der Waals surface area contributed by atoms with Crippen LogP contribution in [0.1, 0.15) is 51.8 Å². The first-order valence-corrected chi connectivity index (χ1v) is 11.6. The minimum atomic E-state index is -0.515. The molecule has 0 spiro atoms. The third-order valence-corrected chi connectivity index (χ3v) is 7.55. The number of hydrogen-bond acceptors (Lipinski definition) is 8. The van der Waals surface area contributed by atoms with Gasteiger partial charge in [0.2, 0.25) is 5.76 Å². The summed E-state index contributed by atoms with van der Waals surface area (Å²) >= 11 is 3.08. The lowest BCUT2D eigenvalue weighted by atomic mass is 9.97. The molecule has 1 atom stereocenters. The molecule has 0 saturated heterocycles. The Labute approximate surface area is 182 Å². The fourth-order valence-corrected chi connectivity index (χ4v) is 6.00. The number of thioether (sulfide) groups is 1. The zero-order valence-electron chi connectivity index (χ0n) is 17.2. The molecule has 3 aromatic rings. The molecule has 1 aliphatic carbocycles. The molecule has 9 heteroatoms. The molecule has 3 aromatic heterocycles. The van der Waals surface area contributed by atoms with E-state index in [1.165, 1.54) is 29.3 Å². The maximum Gasteiger partial charge on any atom is 0.373 e. The van der Waals surface area contributed by atoms with Gasteiger partial charge in [0.15, 0.2) is 5.16 Å². The molecule has 0 bridgehead atoms. The highest BCUT2D eigenvalue weighted by atomic mass is 32.2.